The highest BCUT2D eigenvalue weighted by Crippen LogP contribution is 2.25. The van der Waals surface area contributed by atoms with E-state index in [2.05, 4.69) is 5.32 Å². The van der Waals surface area contributed by atoms with Crippen LogP contribution in [0.3, 0.4) is 0 Å². The van der Waals surface area contributed by atoms with Gasteiger partial charge in [-0.3, -0.25) is 4.79 Å². The lowest BCUT2D eigenvalue weighted by Crippen LogP contribution is -2.33. The van der Waals surface area contributed by atoms with E-state index in [1.807, 2.05) is 0 Å². The maximum absolute atomic E-state index is 13.5. The summed E-state index contributed by atoms with van der Waals surface area (Å²) >= 11 is 0. The van der Waals surface area contributed by atoms with E-state index < -0.39 is 20.8 Å². The van der Waals surface area contributed by atoms with Crippen molar-refractivity contribution in [2.45, 2.75) is 43.5 Å². The molecule has 1 fully saturated rings. The summed E-state index contributed by atoms with van der Waals surface area (Å²) in [4.78, 5) is 11.8. The van der Waals surface area contributed by atoms with Gasteiger partial charge in [0.25, 0.3) is 15.0 Å². The van der Waals surface area contributed by atoms with E-state index in [4.69, 9.17) is 10.7 Å². The molecule has 0 unspecified atom stereocenters. The SMILES string of the molecule is Cc1c(C(=O)NC2CCCC2)cc(F)cc1S(=O)(=O)Cl. The van der Waals surface area contributed by atoms with Crippen LogP contribution >= 0.6 is 10.7 Å². The predicted octanol–water partition coefficient (Wildman–Crippen LogP) is 2.73. The molecule has 0 aliphatic heterocycles. The van der Waals surface area contributed by atoms with E-state index in [0.29, 0.717) is 0 Å². The molecule has 0 heterocycles. The van der Waals surface area contributed by atoms with Gasteiger partial charge in [-0.2, -0.15) is 0 Å². The minimum absolute atomic E-state index is 0.0103. The number of amides is 1. The Morgan fingerprint density at radius 3 is 2.50 bits per heavy atom. The van der Waals surface area contributed by atoms with Gasteiger partial charge < -0.3 is 5.32 Å². The number of nitrogens with one attached hydrogen (secondary N) is 1. The summed E-state index contributed by atoms with van der Waals surface area (Å²) in [6.07, 6.45) is 3.88. The van der Waals surface area contributed by atoms with Crippen LogP contribution in [0.25, 0.3) is 0 Å². The molecule has 2 rings (SSSR count). The largest absolute Gasteiger partial charge is 0.349 e. The van der Waals surface area contributed by atoms with Crippen LogP contribution in [0.1, 0.15) is 41.6 Å². The van der Waals surface area contributed by atoms with Crippen LogP contribution in [0, 0.1) is 12.7 Å². The van der Waals surface area contributed by atoms with Crippen LogP contribution in [0.15, 0.2) is 17.0 Å². The van der Waals surface area contributed by atoms with Gasteiger partial charge >= 0.3 is 0 Å². The minimum atomic E-state index is -4.09. The van der Waals surface area contributed by atoms with Crippen molar-refractivity contribution in [1.82, 2.24) is 5.32 Å². The maximum atomic E-state index is 13.5. The number of halogens is 2. The first kappa shape index (κ1) is 15.3. The van der Waals surface area contributed by atoms with Crippen LogP contribution in [-0.2, 0) is 9.05 Å². The van der Waals surface area contributed by atoms with E-state index in [0.717, 1.165) is 37.8 Å². The van der Waals surface area contributed by atoms with Gasteiger partial charge in [0, 0.05) is 22.3 Å². The fourth-order valence-electron chi connectivity index (χ4n) is 2.48. The number of hydrogen-bond donors (Lipinski definition) is 1. The van der Waals surface area contributed by atoms with Gasteiger partial charge in [-0.05, 0) is 37.5 Å². The molecule has 110 valence electrons. The van der Waals surface area contributed by atoms with Gasteiger partial charge in [0.15, 0.2) is 0 Å². The summed E-state index contributed by atoms with van der Waals surface area (Å²) in [5, 5.41) is 2.80. The quantitative estimate of drug-likeness (QED) is 0.871. The minimum Gasteiger partial charge on any atom is -0.349 e. The van der Waals surface area contributed by atoms with E-state index in [1.54, 1.807) is 0 Å². The summed E-state index contributed by atoms with van der Waals surface area (Å²) in [7, 11) is 1.17. The molecule has 1 aliphatic carbocycles. The molecule has 1 aromatic rings. The number of carbonyl (C=O) groups excluding carboxylic acids is 1. The van der Waals surface area contributed by atoms with Crippen molar-refractivity contribution in [2.75, 3.05) is 0 Å². The van der Waals surface area contributed by atoms with Gasteiger partial charge in [-0.25, -0.2) is 12.8 Å². The van der Waals surface area contributed by atoms with E-state index in [9.17, 15) is 17.6 Å². The average Bonchev–Trinajstić information content (AvgIpc) is 2.83. The molecule has 1 saturated carbocycles. The topological polar surface area (TPSA) is 63.2 Å². The molecule has 4 nitrogen and oxygen atoms in total. The van der Waals surface area contributed by atoms with Crippen molar-refractivity contribution in [2.24, 2.45) is 0 Å². The van der Waals surface area contributed by atoms with Crippen LogP contribution in [-0.4, -0.2) is 20.4 Å². The molecule has 0 saturated heterocycles. The molecule has 0 aromatic heterocycles. The fourth-order valence-corrected chi connectivity index (χ4v) is 3.69. The Balaban J connectivity index is 2.36. The first-order valence-electron chi connectivity index (χ1n) is 6.34. The smallest absolute Gasteiger partial charge is 0.261 e. The number of carbonyl (C=O) groups is 1. The summed E-state index contributed by atoms with van der Waals surface area (Å²) in [5.74, 6) is -1.26. The molecule has 1 amide bonds. The first-order valence-corrected chi connectivity index (χ1v) is 8.65. The van der Waals surface area contributed by atoms with Crippen molar-refractivity contribution < 1.29 is 17.6 Å². The van der Waals surface area contributed by atoms with Crippen molar-refractivity contribution in [3.05, 3.63) is 29.1 Å². The Kier molecular flexibility index (Phi) is 4.34. The monoisotopic (exact) mass is 319 g/mol. The Labute approximate surface area is 121 Å². The fraction of sp³-hybridized carbons (Fsp3) is 0.462. The normalized spacial score (nSPS) is 16.4. The Morgan fingerprint density at radius 2 is 1.95 bits per heavy atom. The molecule has 1 aromatic carbocycles. The second-order valence-corrected chi connectivity index (χ2v) is 7.50. The highest BCUT2D eigenvalue weighted by atomic mass is 35.7. The summed E-state index contributed by atoms with van der Waals surface area (Å²) in [6.45, 7) is 1.44. The summed E-state index contributed by atoms with van der Waals surface area (Å²) < 4.78 is 36.3. The van der Waals surface area contributed by atoms with Gasteiger partial charge in [-0.15, -0.1) is 0 Å². The lowest BCUT2D eigenvalue weighted by Gasteiger charge is -2.14. The first-order chi connectivity index (χ1) is 9.29. The van der Waals surface area contributed by atoms with Gasteiger partial charge in [0.1, 0.15) is 5.82 Å². The molecule has 0 spiro atoms. The van der Waals surface area contributed by atoms with Crippen LogP contribution < -0.4 is 5.32 Å². The third-order valence-corrected chi connectivity index (χ3v) is 4.97. The number of benzene rings is 1. The Hall–Kier alpha value is -1.14. The van der Waals surface area contributed by atoms with Gasteiger partial charge in [-0.1, -0.05) is 12.8 Å². The summed E-state index contributed by atoms with van der Waals surface area (Å²) in [6, 6.07) is 1.93. The van der Waals surface area contributed by atoms with Crippen molar-refractivity contribution in [1.29, 1.82) is 0 Å². The second kappa shape index (κ2) is 5.69. The van der Waals surface area contributed by atoms with Gasteiger partial charge in [0.05, 0.1) is 4.90 Å². The number of rotatable bonds is 3. The number of hydrogen-bond acceptors (Lipinski definition) is 3. The molecule has 0 atom stereocenters. The third kappa shape index (κ3) is 3.30. The second-order valence-electron chi connectivity index (χ2n) is 4.97. The molecule has 0 bridgehead atoms. The van der Waals surface area contributed by atoms with E-state index in [-0.39, 0.29) is 22.1 Å². The summed E-state index contributed by atoms with van der Waals surface area (Å²) in [5.41, 5.74) is 0.174. The molecule has 1 N–H and O–H groups in total. The maximum Gasteiger partial charge on any atom is 0.261 e. The molecular formula is C13H15ClFNO3S. The Bertz CT molecular complexity index is 639. The third-order valence-electron chi connectivity index (χ3n) is 3.52. The lowest BCUT2D eigenvalue weighted by molar-refractivity contribution is 0.0936. The van der Waals surface area contributed by atoms with Crippen LogP contribution in [0.4, 0.5) is 4.39 Å². The zero-order chi connectivity index (χ0) is 14.9. The molecule has 0 radical (unpaired) electrons. The molecule has 7 heteroatoms. The van der Waals surface area contributed by atoms with Crippen LogP contribution in [0.5, 0.6) is 0 Å². The van der Waals surface area contributed by atoms with Gasteiger partial charge in [0.2, 0.25) is 0 Å². The lowest BCUT2D eigenvalue weighted by atomic mass is 10.1. The molecular weight excluding hydrogens is 305 g/mol. The zero-order valence-corrected chi connectivity index (χ0v) is 12.5. The van der Waals surface area contributed by atoms with Crippen molar-refractivity contribution in [3.8, 4) is 0 Å². The van der Waals surface area contributed by atoms with Crippen molar-refractivity contribution in [3.63, 3.8) is 0 Å². The van der Waals surface area contributed by atoms with Crippen LogP contribution in [0.2, 0.25) is 0 Å². The molecule has 20 heavy (non-hydrogen) atoms. The molecule has 1 aliphatic rings. The van der Waals surface area contributed by atoms with E-state index >= 15 is 0 Å². The highest BCUT2D eigenvalue weighted by molar-refractivity contribution is 8.13. The van der Waals surface area contributed by atoms with E-state index in [1.165, 1.54) is 6.92 Å². The highest BCUT2D eigenvalue weighted by Gasteiger charge is 2.23. The zero-order valence-electron chi connectivity index (χ0n) is 10.9. The standard InChI is InChI=1S/C13H15ClFNO3S/c1-8-11(13(17)16-10-4-2-3-5-10)6-9(15)7-12(8)20(14,18)19/h6-7,10H,2-5H2,1H3,(H,16,17). The average molecular weight is 320 g/mol. The van der Waals surface area contributed by atoms with Crippen molar-refractivity contribution >= 4 is 25.6 Å². The Morgan fingerprint density at radius 1 is 1.35 bits per heavy atom. The predicted molar refractivity (Wildman–Crippen MR) is 73.9 cm³/mol.